The summed E-state index contributed by atoms with van der Waals surface area (Å²) in [6, 6.07) is 0. The lowest BCUT2D eigenvalue weighted by atomic mass is 10.1. The van der Waals surface area contributed by atoms with E-state index in [0.29, 0.717) is 18.8 Å². The number of aromatic nitrogens is 2. The van der Waals surface area contributed by atoms with Crippen LogP contribution < -0.4 is 5.32 Å². The molecule has 2 rings (SSSR count). The third-order valence-corrected chi connectivity index (χ3v) is 2.58. The van der Waals surface area contributed by atoms with Gasteiger partial charge in [0, 0.05) is 37.8 Å². The first-order chi connectivity index (χ1) is 7.24. The van der Waals surface area contributed by atoms with Gasteiger partial charge in [0.15, 0.2) is 5.69 Å². The summed E-state index contributed by atoms with van der Waals surface area (Å²) in [6.07, 6.45) is 0.915. The summed E-state index contributed by atoms with van der Waals surface area (Å²) < 4.78 is 6.74. The molecular formula is C10H16ClN3O2. The van der Waals surface area contributed by atoms with Crippen molar-refractivity contribution >= 4 is 18.4 Å². The molecule has 0 spiro atoms. The molecule has 5 nitrogen and oxygen atoms in total. The summed E-state index contributed by atoms with van der Waals surface area (Å²) in [5.41, 5.74) is 2.58. The highest BCUT2D eigenvalue weighted by molar-refractivity contribution is 5.89. The van der Waals surface area contributed by atoms with Crippen molar-refractivity contribution in [1.29, 1.82) is 0 Å². The molecule has 6 heteroatoms. The summed E-state index contributed by atoms with van der Waals surface area (Å²) in [4.78, 5) is 11.6. The highest BCUT2D eigenvalue weighted by Crippen LogP contribution is 2.18. The standard InChI is InChI=1S/C10H15N3O2.ClH/c1-3-15-10(14)9-7-6-11-5-4-8(7)13(2)12-9;/h11H,3-6H2,1-2H3;1H. The molecule has 1 aliphatic heterocycles. The first-order valence-electron chi connectivity index (χ1n) is 5.16. The van der Waals surface area contributed by atoms with E-state index in [1.807, 2.05) is 7.05 Å². The second kappa shape index (κ2) is 5.32. The topological polar surface area (TPSA) is 56.1 Å². The van der Waals surface area contributed by atoms with Crippen LogP contribution in [0.25, 0.3) is 0 Å². The molecule has 0 aromatic carbocycles. The van der Waals surface area contributed by atoms with Gasteiger partial charge in [-0.2, -0.15) is 5.10 Å². The van der Waals surface area contributed by atoms with Crippen molar-refractivity contribution in [3.63, 3.8) is 0 Å². The van der Waals surface area contributed by atoms with Gasteiger partial charge in [0.2, 0.25) is 0 Å². The van der Waals surface area contributed by atoms with Crippen LogP contribution in [0.4, 0.5) is 0 Å². The Morgan fingerprint density at radius 2 is 2.38 bits per heavy atom. The Hall–Kier alpha value is -1.07. The molecule has 1 N–H and O–H groups in total. The van der Waals surface area contributed by atoms with Gasteiger partial charge < -0.3 is 10.1 Å². The number of nitrogens with one attached hydrogen (secondary N) is 1. The molecular weight excluding hydrogens is 230 g/mol. The van der Waals surface area contributed by atoms with Crippen LogP contribution in [0.15, 0.2) is 0 Å². The average Bonchev–Trinajstić information content (AvgIpc) is 2.58. The van der Waals surface area contributed by atoms with Gasteiger partial charge in [-0.05, 0) is 6.92 Å². The predicted molar refractivity (Wildman–Crippen MR) is 61.8 cm³/mol. The maximum Gasteiger partial charge on any atom is 0.359 e. The molecule has 16 heavy (non-hydrogen) atoms. The number of carbonyl (C=O) groups is 1. The Kier molecular flexibility index (Phi) is 4.32. The number of carbonyl (C=O) groups excluding carboxylic acids is 1. The molecule has 0 amide bonds. The lowest BCUT2D eigenvalue weighted by Crippen LogP contribution is -2.25. The first kappa shape index (κ1) is 13.0. The molecule has 90 valence electrons. The van der Waals surface area contributed by atoms with E-state index in [9.17, 15) is 4.79 Å². The molecule has 0 radical (unpaired) electrons. The van der Waals surface area contributed by atoms with Gasteiger partial charge in [-0.15, -0.1) is 12.4 Å². The largest absolute Gasteiger partial charge is 0.461 e. The van der Waals surface area contributed by atoms with Crippen LogP contribution in [0.5, 0.6) is 0 Å². The van der Waals surface area contributed by atoms with Crippen molar-refractivity contribution in [3.8, 4) is 0 Å². The zero-order valence-electron chi connectivity index (χ0n) is 9.45. The van der Waals surface area contributed by atoms with Gasteiger partial charge >= 0.3 is 5.97 Å². The van der Waals surface area contributed by atoms with Crippen LogP contribution >= 0.6 is 12.4 Å². The van der Waals surface area contributed by atoms with E-state index >= 15 is 0 Å². The number of hydrogen-bond acceptors (Lipinski definition) is 4. The summed E-state index contributed by atoms with van der Waals surface area (Å²) in [5.74, 6) is -0.321. The van der Waals surface area contributed by atoms with Crippen molar-refractivity contribution < 1.29 is 9.53 Å². The Morgan fingerprint density at radius 3 is 3.06 bits per heavy atom. The smallest absolute Gasteiger partial charge is 0.359 e. The minimum absolute atomic E-state index is 0. The minimum atomic E-state index is -0.321. The molecule has 1 aromatic heterocycles. The summed E-state index contributed by atoms with van der Waals surface area (Å²) in [6.45, 7) is 3.83. The molecule has 0 bridgehead atoms. The van der Waals surface area contributed by atoms with Gasteiger partial charge in [0.25, 0.3) is 0 Å². The highest BCUT2D eigenvalue weighted by Gasteiger charge is 2.24. The Morgan fingerprint density at radius 1 is 1.62 bits per heavy atom. The highest BCUT2D eigenvalue weighted by atomic mass is 35.5. The maximum atomic E-state index is 11.6. The lowest BCUT2D eigenvalue weighted by Gasteiger charge is -2.13. The molecule has 0 aliphatic carbocycles. The fraction of sp³-hybridized carbons (Fsp3) is 0.600. The van der Waals surface area contributed by atoms with Crippen molar-refractivity contribution in [2.24, 2.45) is 7.05 Å². The Balaban J connectivity index is 0.00000128. The van der Waals surface area contributed by atoms with Crippen molar-refractivity contribution in [1.82, 2.24) is 15.1 Å². The molecule has 2 heterocycles. The monoisotopic (exact) mass is 245 g/mol. The number of nitrogens with zero attached hydrogens (tertiary/aromatic N) is 2. The van der Waals surface area contributed by atoms with Crippen LogP contribution in [0.3, 0.4) is 0 Å². The van der Waals surface area contributed by atoms with Gasteiger partial charge in [0.1, 0.15) is 0 Å². The predicted octanol–water partition coefficient (Wildman–Crippen LogP) is 0.664. The van der Waals surface area contributed by atoms with Crippen LogP contribution in [0.1, 0.15) is 28.7 Å². The molecule has 0 saturated carbocycles. The Labute approximate surface area is 101 Å². The van der Waals surface area contributed by atoms with Gasteiger partial charge in [-0.25, -0.2) is 4.79 Å². The normalized spacial score (nSPS) is 13.9. The fourth-order valence-corrected chi connectivity index (χ4v) is 1.88. The van der Waals surface area contributed by atoms with E-state index in [0.717, 1.165) is 24.2 Å². The molecule has 0 saturated heterocycles. The third kappa shape index (κ3) is 2.20. The second-order valence-electron chi connectivity index (χ2n) is 3.54. The van der Waals surface area contributed by atoms with Crippen molar-refractivity contribution in [2.45, 2.75) is 19.9 Å². The van der Waals surface area contributed by atoms with Crippen molar-refractivity contribution in [2.75, 3.05) is 13.2 Å². The number of halogens is 1. The number of hydrogen-bond donors (Lipinski definition) is 1. The van der Waals surface area contributed by atoms with Gasteiger partial charge in [-0.3, -0.25) is 4.68 Å². The second-order valence-corrected chi connectivity index (χ2v) is 3.54. The summed E-state index contributed by atoms with van der Waals surface area (Å²) in [7, 11) is 1.87. The van der Waals surface area contributed by atoms with E-state index < -0.39 is 0 Å². The van der Waals surface area contributed by atoms with Gasteiger partial charge in [-0.1, -0.05) is 0 Å². The van der Waals surface area contributed by atoms with E-state index in [1.165, 1.54) is 0 Å². The molecule has 1 aromatic rings. The number of fused-ring (bicyclic) bond motifs is 1. The number of esters is 1. The van der Waals surface area contributed by atoms with E-state index in [1.54, 1.807) is 11.6 Å². The van der Waals surface area contributed by atoms with E-state index in [2.05, 4.69) is 10.4 Å². The summed E-state index contributed by atoms with van der Waals surface area (Å²) in [5, 5.41) is 7.44. The van der Waals surface area contributed by atoms with Crippen LogP contribution in [0, 0.1) is 0 Å². The summed E-state index contributed by atoms with van der Waals surface area (Å²) >= 11 is 0. The minimum Gasteiger partial charge on any atom is -0.461 e. The zero-order chi connectivity index (χ0) is 10.8. The van der Waals surface area contributed by atoms with E-state index in [4.69, 9.17) is 4.74 Å². The van der Waals surface area contributed by atoms with Crippen LogP contribution in [-0.2, 0) is 24.8 Å². The number of ether oxygens (including phenoxy) is 1. The first-order valence-corrected chi connectivity index (χ1v) is 5.16. The van der Waals surface area contributed by atoms with Gasteiger partial charge in [0.05, 0.1) is 6.61 Å². The molecule has 0 unspecified atom stereocenters. The quantitative estimate of drug-likeness (QED) is 0.778. The molecule has 0 atom stereocenters. The molecule has 0 fully saturated rings. The molecule has 1 aliphatic rings. The lowest BCUT2D eigenvalue weighted by molar-refractivity contribution is 0.0517. The zero-order valence-corrected chi connectivity index (χ0v) is 10.3. The number of aryl methyl sites for hydroxylation is 1. The van der Waals surface area contributed by atoms with Crippen molar-refractivity contribution in [3.05, 3.63) is 17.0 Å². The Bertz CT molecular complexity index is 390. The van der Waals surface area contributed by atoms with E-state index in [-0.39, 0.29) is 18.4 Å². The number of rotatable bonds is 2. The third-order valence-electron chi connectivity index (χ3n) is 2.58. The SMILES string of the molecule is CCOC(=O)c1nn(C)c2c1CNCC2.Cl. The average molecular weight is 246 g/mol. The van der Waals surface area contributed by atoms with Crippen LogP contribution in [0.2, 0.25) is 0 Å². The maximum absolute atomic E-state index is 11.6. The van der Waals surface area contributed by atoms with Crippen LogP contribution in [-0.4, -0.2) is 28.9 Å². The fourth-order valence-electron chi connectivity index (χ4n) is 1.88.